The molecule has 1 heterocycles. The van der Waals surface area contributed by atoms with Crippen LogP contribution in [-0.2, 0) is 6.54 Å². The third-order valence-electron chi connectivity index (χ3n) is 3.39. The number of para-hydroxylation sites is 1. The zero-order valence-corrected chi connectivity index (χ0v) is 14.1. The normalized spacial score (nSPS) is 11.1. The largest absolute Gasteiger partial charge is 0.399 e. The van der Waals surface area contributed by atoms with Crippen LogP contribution in [-0.4, -0.2) is 24.0 Å². The summed E-state index contributed by atoms with van der Waals surface area (Å²) in [5, 5.41) is 1.13. The zero-order chi connectivity index (χ0) is 16.2. The highest BCUT2D eigenvalue weighted by molar-refractivity contribution is 8.00. The van der Waals surface area contributed by atoms with E-state index >= 15 is 0 Å². The molecule has 0 saturated heterocycles. The molecule has 0 saturated carbocycles. The molecule has 1 aromatic heterocycles. The molecule has 0 unspecified atom stereocenters. The maximum absolute atomic E-state index is 5.83. The Bertz CT molecular complexity index is 817. The Balaban J connectivity index is 1.87. The Hall–Kier alpha value is -2.24. The van der Waals surface area contributed by atoms with Gasteiger partial charge in [-0.1, -0.05) is 24.3 Å². The first-order valence-corrected chi connectivity index (χ1v) is 8.25. The molecule has 2 aromatic carbocycles. The third-order valence-corrected chi connectivity index (χ3v) is 4.20. The average Bonchev–Trinajstić information content (AvgIpc) is 2.52. The van der Waals surface area contributed by atoms with Crippen LogP contribution in [0.4, 0.5) is 11.4 Å². The minimum absolute atomic E-state index is 0.765. The highest BCUT2D eigenvalue weighted by Gasteiger charge is 2.05. The molecule has 118 valence electrons. The zero-order valence-electron chi connectivity index (χ0n) is 13.3. The maximum Gasteiger partial charge on any atom is 0.0945 e. The molecule has 0 atom stereocenters. The predicted molar refractivity (Wildman–Crippen MR) is 99.5 cm³/mol. The van der Waals surface area contributed by atoms with Gasteiger partial charge >= 0.3 is 0 Å². The molecule has 4 nitrogen and oxygen atoms in total. The number of hydrogen-bond acceptors (Lipinski definition) is 5. The van der Waals surface area contributed by atoms with Crippen LogP contribution in [0.15, 0.2) is 59.5 Å². The van der Waals surface area contributed by atoms with Gasteiger partial charge in [0.05, 0.1) is 16.9 Å². The number of nitrogens with one attached hydrogen (secondary N) is 1. The monoisotopic (exact) mass is 324 g/mol. The van der Waals surface area contributed by atoms with E-state index in [1.54, 1.807) is 11.9 Å². The van der Waals surface area contributed by atoms with Crippen molar-refractivity contribution in [1.82, 2.24) is 9.88 Å². The number of rotatable bonds is 5. The van der Waals surface area contributed by atoms with Crippen molar-refractivity contribution in [2.45, 2.75) is 11.4 Å². The van der Waals surface area contributed by atoms with Crippen molar-refractivity contribution in [1.29, 1.82) is 0 Å². The van der Waals surface area contributed by atoms with E-state index < -0.39 is 0 Å². The molecule has 5 heteroatoms. The van der Waals surface area contributed by atoms with E-state index in [2.05, 4.69) is 27.8 Å². The lowest BCUT2D eigenvalue weighted by Crippen LogP contribution is -2.11. The van der Waals surface area contributed by atoms with Gasteiger partial charge in [0.2, 0.25) is 0 Å². The predicted octanol–water partition coefficient (Wildman–Crippen LogP) is 4.00. The fourth-order valence-corrected chi connectivity index (χ4v) is 3.11. The number of benzene rings is 2. The number of nitrogens with two attached hydrogens (primary N) is 1. The second kappa shape index (κ2) is 6.89. The summed E-state index contributed by atoms with van der Waals surface area (Å²) < 4.78 is 3.40. The second-order valence-corrected chi connectivity index (χ2v) is 6.57. The van der Waals surface area contributed by atoms with Gasteiger partial charge in [-0.05, 0) is 56.4 Å². The van der Waals surface area contributed by atoms with Crippen LogP contribution in [0.3, 0.4) is 0 Å². The van der Waals surface area contributed by atoms with Crippen molar-refractivity contribution in [3.05, 3.63) is 60.3 Å². The Kier molecular flexibility index (Phi) is 4.69. The fraction of sp³-hybridized carbons (Fsp3) is 0.167. The van der Waals surface area contributed by atoms with E-state index in [4.69, 9.17) is 10.7 Å². The SMILES string of the molecule is CN(C)Cc1ccc2cccc(NSc3cccc(N)c3)c2n1. The van der Waals surface area contributed by atoms with Gasteiger partial charge in [-0.3, -0.25) is 0 Å². The van der Waals surface area contributed by atoms with E-state index in [-0.39, 0.29) is 0 Å². The highest BCUT2D eigenvalue weighted by atomic mass is 32.2. The van der Waals surface area contributed by atoms with Crippen LogP contribution in [0.25, 0.3) is 10.9 Å². The van der Waals surface area contributed by atoms with Gasteiger partial charge in [0.15, 0.2) is 0 Å². The van der Waals surface area contributed by atoms with Crippen molar-refractivity contribution >= 4 is 34.2 Å². The molecule has 0 amide bonds. The summed E-state index contributed by atoms with van der Waals surface area (Å²) in [6.07, 6.45) is 0. The average molecular weight is 324 g/mol. The van der Waals surface area contributed by atoms with Crippen molar-refractivity contribution < 1.29 is 0 Å². The Morgan fingerprint density at radius 1 is 1.09 bits per heavy atom. The molecule has 0 aliphatic rings. The summed E-state index contributed by atoms with van der Waals surface area (Å²) >= 11 is 1.54. The van der Waals surface area contributed by atoms with Crippen LogP contribution >= 0.6 is 11.9 Å². The van der Waals surface area contributed by atoms with Crippen LogP contribution < -0.4 is 10.5 Å². The number of nitrogen functional groups attached to an aromatic ring is 1. The molecule has 0 aliphatic heterocycles. The molecule has 0 bridgehead atoms. The number of nitrogens with zero attached hydrogens (tertiary/aromatic N) is 2. The fourth-order valence-electron chi connectivity index (χ4n) is 2.37. The summed E-state index contributed by atoms with van der Waals surface area (Å²) in [6.45, 7) is 0.826. The summed E-state index contributed by atoms with van der Waals surface area (Å²) in [4.78, 5) is 8.00. The lowest BCUT2D eigenvalue weighted by molar-refractivity contribution is 0.397. The van der Waals surface area contributed by atoms with Crippen molar-refractivity contribution in [2.75, 3.05) is 24.6 Å². The molecule has 0 spiro atoms. The molecular weight excluding hydrogens is 304 g/mol. The van der Waals surface area contributed by atoms with Gasteiger partial charge in [0.25, 0.3) is 0 Å². The summed E-state index contributed by atoms with van der Waals surface area (Å²) in [6, 6.07) is 18.2. The first kappa shape index (κ1) is 15.6. The van der Waals surface area contributed by atoms with Gasteiger partial charge in [-0.15, -0.1) is 0 Å². The van der Waals surface area contributed by atoms with E-state index in [0.717, 1.165) is 39.4 Å². The highest BCUT2D eigenvalue weighted by Crippen LogP contribution is 2.28. The Morgan fingerprint density at radius 2 is 1.91 bits per heavy atom. The minimum Gasteiger partial charge on any atom is -0.399 e. The van der Waals surface area contributed by atoms with Crippen LogP contribution in [0, 0.1) is 0 Å². The molecule has 0 radical (unpaired) electrons. The van der Waals surface area contributed by atoms with Crippen LogP contribution in [0.5, 0.6) is 0 Å². The lowest BCUT2D eigenvalue weighted by Gasteiger charge is -2.12. The van der Waals surface area contributed by atoms with Crippen molar-refractivity contribution in [2.24, 2.45) is 0 Å². The quantitative estimate of drug-likeness (QED) is 0.549. The number of anilines is 2. The molecule has 3 rings (SSSR count). The molecule has 23 heavy (non-hydrogen) atoms. The molecular formula is C18H20N4S. The number of aromatic nitrogens is 1. The minimum atomic E-state index is 0.765. The molecule has 3 N–H and O–H groups in total. The van der Waals surface area contributed by atoms with Gasteiger partial charge in [0.1, 0.15) is 0 Å². The van der Waals surface area contributed by atoms with Gasteiger partial charge in [-0.2, -0.15) is 0 Å². The Morgan fingerprint density at radius 3 is 2.70 bits per heavy atom. The molecule has 0 fully saturated rings. The molecule has 0 aliphatic carbocycles. The smallest absolute Gasteiger partial charge is 0.0945 e. The van der Waals surface area contributed by atoms with E-state index in [9.17, 15) is 0 Å². The van der Waals surface area contributed by atoms with E-state index in [1.807, 2.05) is 50.5 Å². The first-order chi connectivity index (χ1) is 11.1. The number of pyridine rings is 1. The number of fused-ring (bicyclic) bond motifs is 1. The van der Waals surface area contributed by atoms with Crippen molar-refractivity contribution in [3.8, 4) is 0 Å². The molecule has 3 aromatic rings. The summed E-state index contributed by atoms with van der Waals surface area (Å²) in [7, 11) is 4.09. The second-order valence-electron chi connectivity index (χ2n) is 5.69. The Labute approximate surface area is 140 Å². The van der Waals surface area contributed by atoms with Crippen molar-refractivity contribution in [3.63, 3.8) is 0 Å². The summed E-state index contributed by atoms with van der Waals surface area (Å²) in [5.74, 6) is 0. The van der Waals surface area contributed by atoms with Crippen LogP contribution in [0.1, 0.15) is 5.69 Å². The topological polar surface area (TPSA) is 54.2 Å². The third kappa shape index (κ3) is 3.94. The first-order valence-electron chi connectivity index (χ1n) is 7.43. The lowest BCUT2D eigenvalue weighted by atomic mass is 10.2. The van der Waals surface area contributed by atoms with E-state index in [1.165, 1.54) is 0 Å². The summed E-state index contributed by atoms with van der Waals surface area (Å²) in [5.41, 5.74) is 9.65. The van der Waals surface area contributed by atoms with Crippen LogP contribution in [0.2, 0.25) is 0 Å². The van der Waals surface area contributed by atoms with Gasteiger partial charge in [0, 0.05) is 22.5 Å². The number of hydrogen-bond donors (Lipinski definition) is 2. The van der Waals surface area contributed by atoms with Gasteiger partial charge < -0.3 is 15.4 Å². The van der Waals surface area contributed by atoms with E-state index in [0.29, 0.717) is 0 Å². The van der Waals surface area contributed by atoms with Gasteiger partial charge in [-0.25, -0.2) is 4.98 Å². The maximum atomic E-state index is 5.83. The standard InChI is InChI=1S/C18H20N4S/c1-22(2)12-15-10-9-13-5-3-8-17(18(13)20-15)21-23-16-7-4-6-14(19)11-16/h3-11,21H,12,19H2,1-2H3.